The fourth-order valence-corrected chi connectivity index (χ4v) is 10.7. The first-order valence-corrected chi connectivity index (χ1v) is 24.5. The minimum Gasteiger partial charge on any atom is -0.309 e. The Hall–Kier alpha value is -6.96. The van der Waals surface area contributed by atoms with Gasteiger partial charge in [0.05, 0.1) is 17.1 Å². The fourth-order valence-electron chi connectivity index (χ4n) is 10.7. The number of hydrogen-bond donors (Lipinski definition) is 0. The molecular weight excluding hydrogens is 819 g/mol. The summed E-state index contributed by atoms with van der Waals surface area (Å²) >= 11 is 0. The Morgan fingerprint density at radius 3 is 1.41 bits per heavy atom. The van der Waals surface area contributed by atoms with Crippen molar-refractivity contribution >= 4 is 27.8 Å². The summed E-state index contributed by atoms with van der Waals surface area (Å²) in [5.41, 5.74) is 22.3. The van der Waals surface area contributed by atoms with Gasteiger partial charge in [0.15, 0.2) is 0 Å². The molecule has 0 amide bonds. The Kier molecular flexibility index (Phi) is 11.0. The monoisotopic (exact) mass is 884 g/mol. The second-order valence-electron chi connectivity index (χ2n) is 22.6. The molecule has 9 aromatic rings. The summed E-state index contributed by atoms with van der Waals surface area (Å²) < 4.78 is 0. The molecule has 10 rings (SSSR count). The Bertz CT molecular complexity index is 3320. The highest BCUT2D eigenvalue weighted by Crippen LogP contribution is 2.55. The first-order chi connectivity index (χ1) is 32.4. The van der Waals surface area contributed by atoms with Crippen LogP contribution in [0.25, 0.3) is 66.4 Å². The molecule has 68 heavy (non-hydrogen) atoms. The van der Waals surface area contributed by atoms with Gasteiger partial charge in [0.1, 0.15) is 0 Å². The van der Waals surface area contributed by atoms with Crippen LogP contribution in [0, 0.1) is 0 Å². The van der Waals surface area contributed by atoms with E-state index in [1.54, 1.807) is 0 Å². The second kappa shape index (κ2) is 16.7. The lowest BCUT2D eigenvalue weighted by Crippen LogP contribution is -2.16. The van der Waals surface area contributed by atoms with Crippen molar-refractivity contribution in [1.82, 2.24) is 0 Å². The van der Waals surface area contributed by atoms with E-state index in [1.807, 2.05) is 0 Å². The van der Waals surface area contributed by atoms with Gasteiger partial charge in [0, 0.05) is 22.1 Å². The Morgan fingerprint density at radius 2 is 0.794 bits per heavy atom. The van der Waals surface area contributed by atoms with Gasteiger partial charge in [0.25, 0.3) is 0 Å². The number of nitrogens with zero attached hydrogens (tertiary/aromatic N) is 1. The van der Waals surface area contributed by atoms with Crippen LogP contribution in [0.5, 0.6) is 0 Å². The number of benzene rings is 9. The zero-order valence-corrected chi connectivity index (χ0v) is 41.9. The van der Waals surface area contributed by atoms with Crippen molar-refractivity contribution in [2.75, 3.05) is 4.90 Å². The second-order valence-corrected chi connectivity index (χ2v) is 22.6. The Labute approximate surface area is 406 Å². The topological polar surface area (TPSA) is 3.24 Å². The van der Waals surface area contributed by atoms with E-state index in [0.717, 1.165) is 17.1 Å². The third-order valence-corrected chi connectivity index (χ3v) is 14.5. The van der Waals surface area contributed by atoms with Crippen LogP contribution in [0.4, 0.5) is 17.1 Å². The van der Waals surface area contributed by atoms with Crippen LogP contribution >= 0.6 is 0 Å². The maximum atomic E-state index is 2.57. The number of para-hydroxylation sites is 2. The summed E-state index contributed by atoms with van der Waals surface area (Å²) in [6, 6.07) is 73.4. The van der Waals surface area contributed by atoms with Crippen LogP contribution in [0.3, 0.4) is 0 Å². The molecule has 1 aliphatic rings. The number of anilines is 3. The first kappa shape index (κ1) is 44.9. The van der Waals surface area contributed by atoms with Crippen molar-refractivity contribution in [3.05, 3.63) is 222 Å². The zero-order chi connectivity index (χ0) is 47.8. The molecule has 9 aromatic carbocycles. The summed E-state index contributed by atoms with van der Waals surface area (Å²) in [6.07, 6.45) is 0. The molecule has 1 nitrogen and oxygen atoms in total. The maximum absolute atomic E-state index is 2.57. The van der Waals surface area contributed by atoms with Gasteiger partial charge in [-0.2, -0.15) is 0 Å². The van der Waals surface area contributed by atoms with Gasteiger partial charge in [-0.15, -0.1) is 0 Å². The van der Waals surface area contributed by atoms with Crippen molar-refractivity contribution in [2.45, 2.75) is 97.8 Å². The lowest BCUT2D eigenvalue weighted by atomic mass is 9.78. The molecule has 0 saturated carbocycles. The van der Waals surface area contributed by atoms with E-state index in [0.29, 0.717) is 0 Å². The van der Waals surface area contributed by atoms with E-state index in [1.165, 1.54) is 94.2 Å². The first-order valence-electron chi connectivity index (χ1n) is 24.5. The van der Waals surface area contributed by atoms with Gasteiger partial charge in [-0.1, -0.05) is 246 Å². The van der Waals surface area contributed by atoms with Crippen molar-refractivity contribution in [1.29, 1.82) is 0 Å². The van der Waals surface area contributed by atoms with Crippen LogP contribution in [-0.4, -0.2) is 0 Å². The largest absolute Gasteiger partial charge is 0.309 e. The molecule has 0 heterocycles. The molecule has 0 fully saturated rings. The molecule has 338 valence electrons. The summed E-state index contributed by atoms with van der Waals surface area (Å²) in [5, 5.41) is 2.48. The van der Waals surface area contributed by atoms with Crippen LogP contribution in [0.1, 0.15) is 104 Å². The molecule has 0 radical (unpaired) electrons. The maximum Gasteiger partial charge on any atom is 0.0540 e. The van der Waals surface area contributed by atoms with Gasteiger partial charge in [-0.05, 0) is 118 Å². The number of fused-ring (bicyclic) bond motifs is 4. The van der Waals surface area contributed by atoms with Crippen molar-refractivity contribution in [2.24, 2.45) is 0 Å². The number of hydrogen-bond acceptors (Lipinski definition) is 1. The average Bonchev–Trinajstić information content (AvgIpc) is 3.56. The van der Waals surface area contributed by atoms with E-state index in [2.05, 4.69) is 275 Å². The van der Waals surface area contributed by atoms with Crippen molar-refractivity contribution in [3.63, 3.8) is 0 Å². The highest BCUT2D eigenvalue weighted by Gasteiger charge is 2.37. The van der Waals surface area contributed by atoms with Gasteiger partial charge in [-0.3, -0.25) is 0 Å². The van der Waals surface area contributed by atoms with Crippen LogP contribution in [-0.2, 0) is 21.7 Å². The molecule has 0 saturated heterocycles. The standard InChI is InChI=1S/C67H65N/c1-64(2,3)47-38-39-61(56(43-47)44-24-13-12-14-25-44)68(60-37-20-17-29-52(60)54-33-23-35-58-63(54)55-30-15-18-34-57(55)67(58,10)11)59-36-19-16-28-51(59)53-32-22-27-45-26-21-31-50(62(45)53)46-40-48(65(4,5)6)42-49(41-46)66(7,8)9/h12-43H,1-11H3. The molecule has 0 bridgehead atoms. The van der Waals surface area contributed by atoms with Gasteiger partial charge in [-0.25, -0.2) is 0 Å². The lowest BCUT2D eigenvalue weighted by molar-refractivity contribution is 0.569. The SMILES string of the molecule is CC(C)(C)c1cc(-c2cccc3cccc(-c4ccccc4N(c4ccc(C(C)(C)C)cc4-c4ccccc4)c4ccccc4-c4cccc5c4-c4ccccc4C5(C)C)c23)cc(C(C)(C)C)c1. The minimum absolute atomic E-state index is 0.0143. The van der Waals surface area contributed by atoms with Crippen LogP contribution < -0.4 is 4.90 Å². The fraction of sp³-hybridized carbons (Fsp3) is 0.224. The average molecular weight is 884 g/mol. The quantitative estimate of drug-likeness (QED) is 0.154. The van der Waals surface area contributed by atoms with Crippen molar-refractivity contribution < 1.29 is 0 Å². The smallest absolute Gasteiger partial charge is 0.0540 e. The van der Waals surface area contributed by atoms with Crippen LogP contribution in [0.2, 0.25) is 0 Å². The van der Waals surface area contributed by atoms with E-state index in [9.17, 15) is 0 Å². The third-order valence-electron chi connectivity index (χ3n) is 14.5. The molecule has 0 aliphatic heterocycles. The molecule has 0 aromatic heterocycles. The number of rotatable bonds is 7. The highest BCUT2D eigenvalue weighted by molar-refractivity contribution is 6.10. The molecule has 0 spiro atoms. The molecule has 0 N–H and O–H groups in total. The summed E-state index contributed by atoms with van der Waals surface area (Å²) in [6.45, 7) is 25.7. The highest BCUT2D eigenvalue weighted by atomic mass is 15.1. The Morgan fingerprint density at radius 1 is 0.324 bits per heavy atom. The Balaban J connectivity index is 1.29. The van der Waals surface area contributed by atoms with E-state index < -0.39 is 0 Å². The lowest BCUT2D eigenvalue weighted by Gasteiger charge is -2.33. The van der Waals surface area contributed by atoms with E-state index >= 15 is 0 Å². The predicted octanol–water partition coefficient (Wildman–Crippen LogP) is 19.2. The summed E-state index contributed by atoms with van der Waals surface area (Å²) in [5.74, 6) is 0. The molecular formula is C67H65N. The third kappa shape index (κ3) is 7.86. The van der Waals surface area contributed by atoms with Gasteiger partial charge < -0.3 is 4.90 Å². The molecule has 0 atom stereocenters. The van der Waals surface area contributed by atoms with Gasteiger partial charge >= 0.3 is 0 Å². The van der Waals surface area contributed by atoms with Crippen molar-refractivity contribution in [3.8, 4) is 55.6 Å². The summed E-state index contributed by atoms with van der Waals surface area (Å²) in [7, 11) is 0. The van der Waals surface area contributed by atoms with Gasteiger partial charge in [0.2, 0.25) is 0 Å². The molecule has 1 heteroatoms. The molecule has 1 aliphatic carbocycles. The van der Waals surface area contributed by atoms with Crippen LogP contribution in [0.15, 0.2) is 194 Å². The summed E-state index contributed by atoms with van der Waals surface area (Å²) in [4.78, 5) is 2.57. The molecule has 0 unspecified atom stereocenters. The normalized spacial score (nSPS) is 13.3. The minimum atomic E-state index is -0.126. The zero-order valence-electron chi connectivity index (χ0n) is 41.9. The van der Waals surface area contributed by atoms with E-state index in [4.69, 9.17) is 0 Å². The van der Waals surface area contributed by atoms with E-state index in [-0.39, 0.29) is 21.7 Å². The predicted molar refractivity (Wildman–Crippen MR) is 294 cm³/mol.